The van der Waals surface area contributed by atoms with Gasteiger partial charge in [-0.05, 0) is 24.1 Å². The fraction of sp³-hybridized carbons (Fsp3) is 0.222. The minimum atomic E-state index is -4.14. The number of nitro groups is 1. The van der Waals surface area contributed by atoms with E-state index in [0.717, 1.165) is 24.3 Å². The molecule has 0 amide bonds. The van der Waals surface area contributed by atoms with Crippen molar-refractivity contribution in [3.8, 4) is 6.07 Å². The molecule has 0 bridgehead atoms. The third-order valence-electron chi connectivity index (χ3n) is 2.02. The zero-order chi connectivity index (χ0) is 16.3. The standard InChI is InChI=1S/C9H6Cl3N3O4S2/c10-9(11,12)20-14(6-5-13)21(18,19)8-3-1-7(2-4-8)15(16)17/h1-4H,6H2. The Kier molecular flexibility index (Phi) is 6.10. The van der Waals surface area contributed by atoms with Crippen LogP contribution in [0.4, 0.5) is 5.69 Å². The lowest BCUT2D eigenvalue weighted by molar-refractivity contribution is -0.384. The van der Waals surface area contributed by atoms with Gasteiger partial charge >= 0.3 is 0 Å². The van der Waals surface area contributed by atoms with Crippen LogP contribution in [0.2, 0.25) is 0 Å². The van der Waals surface area contributed by atoms with Crippen LogP contribution in [0.15, 0.2) is 29.2 Å². The number of halogens is 3. The van der Waals surface area contributed by atoms with Gasteiger partial charge in [-0.15, -0.1) is 3.71 Å². The van der Waals surface area contributed by atoms with Crippen LogP contribution in [0.1, 0.15) is 0 Å². The molecule has 0 spiro atoms. The average Bonchev–Trinajstić information content (AvgIpc) is 2.36. The van der Waals surface area contributed by atoms with Gasteiger partial charge in [-0.2, -0.15) is 5.26 Å². The SMILES string of the molecule is N#CCN(SC(Cl)(Cl)Cl)S(=O)(=O)c1ccc([N+](=O)[O-])cc1. The van der Waals surface area contributed by atoms with Crippen LogP contribution in [-0.4, -0.2) is 26.7 Å². The molecule has 0 radical (unpaired) electrons. The fourth-order valence-electron chi connectivity index (χ4n) is 1.20. The zero-order valence-corrected chi connectivity index (χ0v) is 13.8. The number of nitro benzene ring substituents is 1. The highest BCUT2D eigenvalue weighted by molar-refractivity contribution is 8.11. The Balaban J connectivity index is 3.17. The van der Waals surface area contributed by atoms with Crippen molar-refractivity contribution in [1.82, 2.24) is 3.71 Å². The molecular weight excluding hydrogens is 385 g/mol. The Morgan fingerprint density at radius 1 is 1.33 bits per heavy atom. The van der Waals surface area contributed by atoms with E-state index in [9.17, 15) is 18.5 Å². The molecule has 0 aromatic heterocycles. The van der Waals surface area contributed by atoms with Gasteiger partial charge in [-0.25, -0.2) is 8.42 Å². The van der Waals surface area contributed by atoms with Crippen molar-refractivity contribution in [2.75, 3.05) is 6.54 Å². The number of hydrogen-bond acceptors (Lipinski definition) is 6. The van der Waals surface area contributed by atoms with Crippen LogP contribution in [0, 0.1) is 21.4 Å². The van der Waals surface area contributed by atoms with Crippen molar-refractivity contribution in [1.29, 1.82) is 5.26 Å². The third-order valence-corrected chi connectivity index (χ3v) is 5.52. The van der Waals surface area contributed by atoms with Crippen molar-refractivity contribution >= 4 is 62.5 Å². The van der Waals surface area contributed by atoms with Crippen molar-refractivity contribution in [2.45, 2.75) is 8.02 Å². The highest BCUT2D eigenvalue weighted by atomic mass is 35.6. The molecule has 114 valence electrons. The average molecular weight is 391 g/mol. The van der Waals surface area contributed by atoms with Gasteiger partial charge in [0.1, 0.15) is 6.54 Å². The van der Waals surface area contributed by atoms with Crippen molar-refractivity contribution in [2.24, 2.45) is 0 Å². The number of sulfonamides is 1. The molecule has 21 heavy (non-hydrogen) atoms. The molecule has 0 saturated carbocycles. The lowest BCUT2D eigenvalue weighted by atomic mass is 10.3. The van der Waals surface area contributed by atoms with Crippen molar-refractivity contribution in [3.63, 3.8) is 0 Å². The maximum absolute atomic E-state index is 12.3. The first kappa shape index (κ1) is 18.3. The van der Waals surface area contributed by atoms with Crippen LogP contribution in [0.3, 0.4) is 0 Å². The van der Waals surface area contributed by atoms with Gasteiger partial charge < -0.3 is 0 Å². The largest absolute Gasteiger partial charge is 0.269 e. The smallest absolute Gasteiger partial charge is 0.258 e. The summed E-state index contributed by atoms with van der Waals surface area (Å²) in [4.78, 5) is 9.61. The lowest BCUT2D eigenvalue weighted by Gasteiger charge is -2.21. The quantitative estimate of drug-likeness (QED) is 0.251. The minimum Gasteiger partial charge on any atom is -0.258 e. The highest BCUT2D eigenvalue weighted by Gasteiger charge is 2.34. The molecule has 1 aromatic carbocycles. The second kappa shape index (κ2) is 7.00. The van der Waals surface area contributed by atoms with Gasteiger partial charge in [0, 0.05) is 12.1 Å². The number of non-ortho nitro benzene ring substituents is 1. The predicted octanol–water partition coefficient (Wildman–Crippen LogP) is 3.08. The molecule has 1 aromatic rings. The van der Waals surface area contributed by atoms with Crippen LogP contribution in [-0.2, 0) is 10.0 Å². The predicted molar refractivity (Wildman–Crippen MR) is 80.5 cm³/mol. The topological polar surface area (TPSA) is 104 Å². The molecule has 0 heterocycles. The molecule has 0 unspecified atom stereocenters. The van der Waals surface area contributed by atoms with E-state index in [-0.39, 0.29) is 10.6 Å². The minimum absolute atomic E-state index is 0.259. The first-order valence-corrected chi connectivity index (χ1v) is 8.32. The number of hydrogen-bond donors (Lipinski definition) is 0. The zero-order valence-electron chi connectivity index (χ0n) is 9.94. The molecule has 7 nitrogen and oxygen atoms in total. The molecule has 0 aliphatic heterocycles. The summed E-state index contributed by atoms with van der Waals surface area (Å²) in [6.45, 7) is -0.558. The molecular formula is C9H6Cl3N3O4S2. The van der Waals surface area contributed by atoms with E-state index >= 15 is 0 Å². The number of nitrogens with zero attached hydrogens (tertiary/aromatic N) is 3. The van der Waals surface area contributed by atoms with Crippen LogP contribution < -0.4 is 0 Å². The number of alkyl halides is 3. The maximum Gasteiger partial charge on any atom is 0.269 e. The van der Waals surface area contributed by atoms with E-state index < -0.39 is 24.6 Å². The highest BCUT2D eigenvalue weighted by Crippen LogP contribution is 2.43. The lowest BCUT2D eigenvalue weighted by Crippen LogP contribution is -2.27. The van der Waals surface area contributed by atoms with Gasteiger partial charge in [0.25, 0.3) is 18.8 Å². The fourth-order valence-corrected chi connectivity index (χ4v) is 4.60. The Morgan fingerprint density at radius 2 is 1.86 bits per heavy atom. The van der Waals surface area contributed by atoms with E-state index in [1.54, 1.807) is 6.07 Å². The van der Waals surface area contributed by atoms with Crippen molar-refractivity contribution < 1.29 is 13.3 Å². The Bertz CT molecular complexity index is 667. The molecule has 0 saturated heterocycles. The van der Waals surface area contributed by atoms with Gasteiger partial charge in [-0.3, -0.25) is 10.1 Å². The van der Waals surface area contributed by atoms with Gasteiger partial charge in [0.2, 0.25) is 0 Å². The number of benzene rings is 1. The Hall–Kier alpha value is -0.760. The summed E-state index contributed by atoms with van der Waals surface area (Å²) in [6.07, 6.45) is 0. The molecule has 1 rings (SSSR count). The molecule has 0 N–H and O–H groups in total. The second-order valence-electron chi connectivity index (χ2n) is 3.41. The monoisotopic (exact) mass is 389 g/mol. The van der Waals surface area contributed by atoms with Crippen LogP contribution in [0.25, 0.3) is 0 Å². The maximum atomic E-state index is 12.3. The van der Waals surface area contributed by atoms with E-state index in [4.69, 9.17) is 40.1 Å². The summed E-state index contributed by atoms with van der Waals surface area (Å²) in [5.41, 5.74) is -0.269. The number of rotatable bonds is 5. The summed E-state index contributed by atoms with van der Waals surface area (Å²) in [6, 6.07) is 5.77. The van der Waals surface area contributed by atoms with E-state index in [2.05, 4.69) is 0 Å². The van der Waals surface area contributed by atoms with E-state index in [0.29, 0.717) is 15.7 Å². The summed E-state index contributed by atoms with van der Waals surface area (Å²) in [5, 5.41) is 19.2. The van der Waals surface area contributed by atoms with E-state index in [1.165, 1.54) is 0 Å². The Labute approximate surface area is 139 Å². The van der Waals surface area contributed by atoms with Crippen LogP contribution >= 0.6 is 46.8 Å². The third kappa shape index (κ3) is 5.18. The molecule has 12 heteroatoms. The van der Waals surface area contributed by atoms with Crippen molar-refractivity contribution in [3.05, 3.63) is 34.4 Å². The first-order valence-electron chi connectivity index (χ1n) is 4.98. The molecule has 0 aliphatic rings. The van der Waals surface area contributed by atoms with Gasteiger partial charge in [-0.1, -0.05) is 34.8 Å². The second-order valence-corrected chi connectivity index (χ2v) is 9.69. The molecule has 0 aliphatic carbocycles. The summed E-state index contributed by atoms with van der Waals surface area (Å²) >= 11 is 16.9. The van der Waals surface area contributed by atoms with Crippen LogP contribution in [0.5, 0.6) is 0 Å². The first-order chi connectivity index (χ1) is 9.58. The molecule has 0 fully saturated rings. The van der Waals surface area contributed by atoms with E-state index in [1.807, 2.05) is 0 Å². The Morgan fingerprint density at radius 3 is 2.24 bits per heavy atom. The van der Waals surface area contributed by atoms with Gasteiger partial charge in [0.05, 0.1) is 15.9 Å². The summed E-state index contributed by atoms with van der Waals surface area (Å²) in [5.74, 6) is 0. The molecule has 0 atom stereocenters. The van der Waals surface area contributed by atoms with Gasteiger partial charge in [0.15, 0.2) is 0 Å². The summed E-state index contributed by atoms with van der Waals surface area (Å²) < 4.78 is 23.2. The summed E-state index contributed by atoms with van der Waals surface area (Å²) in [7, 11) is -4.14. The normalized spacial score (nSPS) is 12.1. The number of nitriles is 1.